The molecule has 0 aromatic heterocycles. The molecule has 2 saturated heterocycles. The van der Waals surface area contributed by atoms with Crippen LogP contribution in [0.15, 0.2) is 48.5 Å². The van der Waals surface area contributed by atoms with E-state index in [0.29, 0.717) is 18.7 Å². The Bertz CT molecular complexity index is 1030. The molecule has 0 saturated carbocycles. The number of nitrogens with one attached hydrogen (secondary N) is 1. The number of rotatable bonds is 8. The molecule has 4 rings (SSSR count). The van der Waals surface area contributed by atoms with E-state index in [2.05, 4.69) is 15.1 Å². The molecule has 0 aliphatic carbocycles. The average Bonchev–Trinajstić information content (AvgIpc) is 3.04. The minimum atomic E-state index is -1.29. The Balaban J connectivity index is 1.32. The van der Waals surface area contributed by atoms with E-state index >= 15 is 0 Å². The van der Waals surface area contributed by atoms with Gasteiger partial charge in [0.05, 0.1) is 24.9 Å². The highest BCUT2D eigenvalue weighted by Crippen LogP contribution is 2.30. The van der Waals surface area contributed by atoms with Gasteiger partial charge in [-0.3, -0.25) is 14.6 Å². The van der Waals surface area contributed by atoms with E-state index in [4.69, 9.17) is 4.74 Å². The highest BCUT2D eigenvalue weighted by molar-refractivity contribution is 6.07. The zero-order chi connectivity index (χ0) is 24.3. The van der Waals surface area contributed by atoms with Crippen LogP contribution in [-0.4, -0.2) is 78.8 Å². The molecular formula is C25H31FN4O4. The van der Waals surface area contributed by atoms with Crippen LogP contribution in [-0.2, 0) is 10.3 Å². The number of hydrogen-bond acceptors (Lipinski definition) is 6. The van der Waals surface area contributed by atoms with E-state index in [0.717, 1.165) is 42.5 Å². The van der Waals surface area contributed by atoms with E-state index in [1.165, 1.54) is 24.3 Å². The summed E-state index contributed by atoms with van der Waals surface area (Å²) < 4.78 is 19.0. The van der Waals surface area contributed by atoms with Crippen molar-refractivity contribution in [3.05, 3.63) is 59.9 Å². The van der Waals surface area contributed by atoms with Crippen LogP contribution in [0.2, 0.25) is 0 Å². The van der Waals surface area contributed by atoms with E-state index in [-0.39, 0.29) is 6.54 Å². The van der Waals surface area contributed by atoms with E-state index in [9.17, 15) is 19.1 Å². The van der Waals surface area contributed by atoms with Gasteiger partial charge in [-0.2, -0.15) is 0 Å². The smallest absolute Gasteiger partial charge is 0.325 e. The summed E-state index contributed by atoms with van der Waals surface area (Å²) in [6.45, 7) is 7.45. The summed E-state index contributed by atoms with van der Waals surface area (Å²) >= 11 is 0. The number of halogens is 1. The van der Waals surface area contributed by atoms with E-state index < -0.39 is 29.4 Å². The molecule has 9 heteroatoms. The number of carbonyl (C=O) groups is 2. The zero-order valence-corrected chi connectivity index (χ0v) is 19.5. The van der Waals surface area contributed by atoms with Crippen molar-refractivity contribution in [3.63, 3.8) is 0 Å². The molecule has 0 radical (unpaired) electrons. The molecular weight excluding hydrogens is 439 g/mol. The molecule has 2 fully saturated rings. The Morgan fingerprint density at radius 1 is 1.06 bits per heavy atom. The summed E-state index contributed by atoms with van der Waals surface area (Å²) in [5.74, 6) is -0.0142. The third-order valence-electron chi connectivity index (χ3n) is 6.44. The van der Waals surface area contributed by atoms with Crippen LogP contribution in [0, 0.1) is 5.82 Å². The minimum absolute atomic E-state index is 0.102. The number of carbonyl (C=O) groups excluding carboxylic acids is 2. The van der Waals surface area contributed by atoms with Gasteiger partial charge in [0.25, 0.3) is 5.91 Å². The van der Waals surface area contributed by atoms with E-state index in [1.54, 1.807) is 6.92 Å². The first kappa shape index (κ1) is 24.0. The largest absolute Gasteiger partial charge is 0.492 e. The molecule has 2 unspecified atom stereocenters. The van der Waals surface area contributed by atoms with Crippen molar-refractivity contribution in [3.8, 4) is 5.75 Å². The molecule has 34 heavy (non-hydrogen) atoms. The van der Waals surface area contributed by atoms with Crippen LogP contribution in [0.25, 0.3) is 0 Å². The van der Waals surface area contributed by atoms with Crippen molar-refractivity contribution in [1.82, 2.24) is 15.1 Å². The molecule has 2 heterocycles. The summed E-state index contributed by atoms with van der Waals surface area (Å²) in [6, 6.07) is 12.9. The number of aliphatic hydroxyl groups excluding tert-OH is 1. The van der Waals surface area contributed by atoms with Gasteiger partial charge in [0.1, 0.15) is 17.1 Å². The Kier molecular flexibility index (Phi) is 7.04. The fraction of sp³-hybridized carbons (Fsp3) is 0.440. The molecule has 2 atom stereocenters. The number of amides is 3. The standard InChI is InChI=1S/C25H31FN4O4/c1-3-34-22-7-5-4-6-21(22)29-14-12-28(13-15-29)16-20(31)17-30-23(32)25(2,27-24(30)33)18-8-10-19(26)11-9-18/h4-11,20,31H,3,12-17H2,1-2H3,(H,27,33). The Morgan fingerprint density at radius 3 is 2.41 bits per heavy atom. The second kappa shape index (κ2) is 9.99. The van der Waals surface area contributed by atoms with Gasteiger partial charge in [-0.25, -0.2) is 9.18 Å². The summed E-state index contributed by atoms with van der Waals surface area (Å²) in [4.78, 5) is 31.0. The lowest BCUT2D eigenvalue weighted by atomic mass is 9.92. The highest BCUT2D eigenvalue weighted by Gasteiger charge is 2.49. The fourth-order valence-electron chi connectivity index (χ4n) is 4.58. The molecule has 8 nitrogen and oxygen atoms in total. The highest BCUT2D eigenvalue weighted by atomic mass is 19.1. The summed E-state index contributed by atoms with van der Waals surface area (Å²) in [7, 11) is 0. The van der Waals surface area contributed by atoms with Gasteiger partial charge in [-0.1, -0.05) is 24.3 Å². The van der Waals surface area contributed by atoms with Crippen LogP contribution >= 0.6 is 0 Å². The number of hydrogen-bond donors (Lipinski definition) is 2. The zero-order valence-electron chi connectivity index (χ0n) is 19.5. The van der Waals surface area contributed by atoms with Crippen molar-refractivity contribution >= 4 is 17.6 Å². The summed E-state index contributed by atoms with van der Waals surface area (Å²) in [6.07, 6.45) is -0.882. The van der Waals surface area contributed by atoms with Crippen molar-refractivity contribution < 1.29 is 23.8 Å². The van der Waals surface area contributed by atoms with Crippen molar-refractivity contribution in [2.75, 3.05) is 50.8 Å². The number of urea groups is 1. The maximum Gasteiger partial charge on any atom is 0.325 e. The number of aliphatic hydroxyl groups is 1. The number of piperazine rings is 1. The number of β-amino-alcohol motifs (C(OH)–C–C–N with tert-alkyl or cyclic N) is 1. The van der Waals surface area contributed by atoms with Crippen LogP contribution in [0.3, 0.4) is 0 Å². The third kappa shape index (κ3) is 4.85. The van der Waals surface area contributed by atoms with E-state index in [1.807, 2.05) is 31.2 Å². The molecule has 0 bridgehead atoms. The van der Waals surface area contributed by atoms with Crippen molar-refractivity contribution in [2.24, 2.45) is 0 Å². The SMILES string of the molecule is CCOc1ccccc1N1CCN(CC(O)CN2C(=O)NC(C)(c3ccc(F)cc3)C2=O)CC1. The van der Waals surface area contributed by atoms with Crippen LogP contribution in [0.1, 0.15) is 19.4 Å². The molecule has 2 aromatic rings. The van der Waals surface area contributed by atoms with Crippen LogP contribution in [0.4, 0.5) is 14.9 Å². The average molecular weight is 471 g/mol. The van der Waals surface area contributed by atoms with Crippen LogP contribution < -0.4 is 15.0 Å². The van der Waals surface area contributed by atoms with Crippen molar-refractivity contribution in [2.45, 2.75) is 25.5 Å². The number of ether oxygens (including phenoxy) is 1. The maximum atomic E-state index is 13.3. The molecule has 2 aliphatic heterocycles. The monoisotopic (exact) mass is 470 g/mol. The second-order valence-corrected chi connectivity index (χ2v) is 8.82. The maximum absolute atomic E-state index is 13.3. The predicted octanol–water partition coefficient (Wildman–Crippen LogP) is 2.17. The van der Waals surface area contributed by atoms with Gasteiger partial charge in [-0.15, -0.1) is 0 Å². The lowest BCUT2D eigenvalue weighted by molar-refractivity contribution is -0.132. The van der Waals surface area contributed by atoms with Gasteiger partial charge in [0, 0.05) is 32.7 Å². The molecule has 2 aromatic carbocycles. The number of benzene rings is 2. The van der Waals surface area contributed by atoms with Gasteiger partial charge in [0.2, 0.25) is 0 Å². The fourth-order valence-corrected chi connectivity index (χ4v) is 4.58. The van der Waals surface area contributed by atoms with Gasteiger partial charge < -0.3 is 20.1 Å². The molecule has 2 N–H and O–H groups in total. The quantitative estimate of drug-likeness (QED) is 0.576. The van der Waals surface area contributed by atoms with Gasteiger partial charge in [0.15, 0.2) is 0 Å². The Morgan fingerprint density at radius 2 is 1.74 bits per heavy atom. The third-order valence-corrected chi connectivity index (χ3v) is 6.44. The van der Waals surface area contributed by atoms with Crippen molar-refractivity contribution in [1.29, 1.82) is 0 Å². The second-order valence-electron chi connectivity index (χ2n) is 8.82. The van der Waals surface area contributed by atoms with Crippen LogP contribution in [0.5, 0.6) is 5.75 Å². The number of nitrogens with zero attached hydrogens (tertiary/aromatic N) is 3. The van der Waals surface area contributed by atoms with Gasteiger partial charge in [-0.05, 0) is 43.7 Å². The topological polar surface area (TPSA) is 85.3 Å². The molecule has 0 spiro atoms. The molecule has 2 aliphatic rings. The number of para-hydroxylation sites is 2. The Hall–Kier alpha value is -3.17. The summed E-state index contributed by atoms with van der Waals surface area (Å²) in [5, 5.41) is 13.4. The summed E-state index contributed by atoms with van der Waals surface area (Å²) in [5.41, 5.74) is 0.265. The molecule has 3 amide bonds. The first-order valence-corrected chi connectivity index (χ1v) is 11.6. The lowest BCUT2D eigenvalue weighted by Gasteiger charge is -2.37. The first-order chi connectivity index (χ1) is 16.3. The van der Waals surface area contributed by atoms with Gasteiger partial charge >= 0.3 is 6.03 Å². The first-order valence-electron chi connectivity index (χ1n) is 11.6. The Labute approximate surface area is 198 Å². The minimum Gasteiger partial charge on any atom is -0.492 e. The normalized spacial score (nSPS) is 22.1. The molecule has 182 valence electrons. The number of imide groups is 1. The number of anilines is 1. The predicted molar refractivity (Wildman–Crippen MR) is 126 cm³/mol. The lowest BCUT2D eigenvalue weighted by Crippen LogP contribution is -2.50.